The average molecular weight is 425 g/mol. The van der Waals surface area contributed by atoms with Crippen LogP contribution in [0.3, 0.4) is 0 Å². The van der Waals surface area contributed by atoms with Crippen molar-refractivity contribution in [3.63, 3.8) is 0 Å². The summed E-state index contributed by atoms with van der Waals surface area (Å²) in [5.41, 5.74) is 2.40. The molecule has 1 N–H and O–H groups in total. The Balaban J connectivity index is 1.83. The fraction of sp³-hybridized carbons (Fsp3) is 0.375. The number of amides is 1. The molecule has 1 aliphatic rings. The first-order valence-corrected chi connectivity index (χ1v) is 10.1. The smallest absolute Gasteiger partial charge is 0.308 e. The lowest BCUT2D eigenvalue weighted by Gasteiger charge is -2.36. The van der Waals surface area contributed by atoms with E-state index >= 15 is 0 Å². The number of hydrogen-bond donors (Lipinski definition) is 1. The number of hydrogen-bond acceptors (Lipinski definition) is 6. The second-order valence-corrected chi connectivity index (χ2v) is 8.15. The minimum absolute atomic E-state index is 0.0811. The van der Waals surface area contributed by atoms with Crippen LogP contribution in [-0.2, 0) is 9.59 Å². The third-order valence-electron chi connectivity index (χ3n) is 5.31. The number of ketones is 1. The normalized spacial score (nSPS) is 17.4. The fourth-order valence-corrected chi connectivity index (χ4v) is 3.72. The molecule has 31 heavy (non-hydrogen) atoms. The van der Waals surface area contributed by atoms with Crippen LogP contribution >= 0.6 is 0 Å². The highest BCUT2D eigenvalue weighted by molar-refractivity contribution is 6.03. The Morgan fingerprint density at radius 3 is 2.29 bits per heavy atom. The maximum absolute atomic E-state index is 13.1. The molecule has 0 aromatic heterocycles. The molecule has 1 amide bonds. The molecule has 0 spiro atoms. The summed E-state index contributed by atoms with van der Waals surface area (Å²) in [5.74, 6) is 0.868. The topological polar surface area (TPSA) is 90.9 Å². The van der Waals surface area contributed by atoms with E-state index in [1.54, 1.807) is 31.2 Å². The van der Waals surface area contributed by atoms with E-state index in [1.807, 2.05) is 20.8 Å². The minimum Gasteiger partial charge on any atom is -0.489 e. The monoisotopic (exact) mass is 425 g/mol. The van der Waals surface area contributed by atoms with Gasteiger partial charge in [-0.1, -0.05) is 0 Å². The molecule has 7 nitrogen and oxygen atoms in total. The van der Waals surface area contributed by atoms with Crippen molar-refractivity contribution in [1.29, 1.82) is 0 Å². The van der Waals surface area contributed by atoms with Crippen molar-refractivity contribution in [2.24, 2.45) is 0 Å². The number of anilines is 1. The van der Waals surface area contributed by atoms with Crippen LogP contribution in [0, 0.1) is 20.8 Å². The lowest BCUT2D eigenvalue weighted by molar-refractivity contribution is -0.132. The summed E-state index contributed by atoms with van der Waals surface area (Å²) in [6.07, 6.45) is 0.132. The van der Waals surface area contributed by atoms with Gasteiger partial charge in [0.05, 0.1) is 12.0 Å². The molecule has 0 saturated heterocycles. The van der Waals surface area contributed by atoms with Crippen molar-refractivity contribution in [3.05, 3.63) is 46.5 Å². The van der Waals surface area contributed by atoms with E-state index in [9.17, 15) is 14.4 Å². The van der Waals surface area contributed by atoms with E-state index in [0.29, 0.717) is 34.1 Å². The molecule has 0 radical (unpaired) electrons. The van der Waals surface area contributed by atoms with E-state index in [4.69, 9.17) is 14.2 Å². The third kappa shape index (κ3) is 4.71. The van der Waals surface area contributed by atoms with Crippen molar-refractivity contribution < 1.29 is 28.6 Å². The quantitative estimate of drug-likeness (QED) is 0.567. The first-order chi connectivity index (χ1) is 14.5. The molecule has 2 aromatic carbocycles. The Morgan fingerprint density at radius 2 is 1.71 bits per heavy atom. The van der Waals surface area contributed by atoms with Crippen molar-refractivity contribution in [2.45, 2.75) is 53.6 Å². The van der Waals surface area contributed by atoms with Gasteiger partial charge in [0.25, 0.3) is 0 Å². The van der Waals surface area contributed by atoms with E-state index in [1.165, 1.54) is 13.8 Å². The van der Waals surface area contributed by atoms with E-state index < -0.39 is 11.6 Å². The maximum atomic E-state index is 13.1. The minimum atomic E-state index is -0.854. The number of carbonyl (C=O) groups excluding carboxylic acids is 3. The van der Waals surface area contributed by atoms with Crippen LogP contribution in [0.15, 0.2) is 24.3 Å². The highest BCUT2D eigenvalue weighted by Crippen LogP contribution is 2.44. The van der Waals surface area contributed by atoms with Gasteiger partial charge in [-0.2, -0.15) is 0 Å². The summed E-state index contributed by atoms with van der Waals surface area (Å²) in [7, 11) is 0. The standard InChI is InChI=1S/C24H27NO6/c1-13-14(2)23-21(15(3)22(13)30-17(5)27)20(28)11-24(6,31-23)12-29-19-9-7-18(8-10-19)25-16(4)26/h7-10H,11-12H2,1-6H3,(H,25,26). The van der Waals surface area contributed by atoms with Gasteiger partial charge in [0, 0.05) is 25.1 Å². The van der Waals surface area contributed by atoms with Crippen molar-refractivity contribution in [2.75, 3.05) is 11.9 Å². The zero-order chi connectivity index (χ0) is 22.9. The van der Waals surface area contributed by atoms with Gasteiger partial charge in [0.2, 0.25) is 5.91 Å². The van der Waals surface area contributed by atoms with Crippen LogP contribution in [0.5, 0.6) is 17.2 Å². The molecule has 1 aliphatic heterocycles. The molecular weight excluding hydrogens is 398 g/mol. The Kier molecular flexibility index (Phi) is 6.06. The predicted octanol–water partition coefficient (Wildman–Crippen LogP) is 4.30. The van der Waals surface area contributed by atoms with Gasteiger partial charge < -0.3 is 19.5 Å². The summed E-state index contributed by atoms with van der Waals surface area (Å²) in [5, 5.41) is 2.70. The zero-order valence-corrected chi connectivity index (χ0v) is 18.7. The van der Waals surface area contributed by atoms with Gasteiger partial charge in [-0.15, -0.1) is 0 Å². The molecule has 1 atom stereocenters. The van der Waals surface area contributed by atoms with Crippen LogP contribution in [0.1, 0.15) is 54.2 Å². The first-order valence-electron chi connectivity index (χ1n) is 10.1. The number of ether oxygens (including phenoxy) is 3. The van der Waals surface area contributed by atoms with E-state index in [0.717, 1.165) is 11.1 Å². The Labute approximate surface area is 181 Å². The van der Waals surface area contributed by atoms with Crippen LogP contribution in [-0.4, -0.2) is 29.9 Å². The van der Waals surface area contributed by atoms with Crippen molar-refractivity contribution in [1.82, 2.24) is 0 Å². The van der Waals surface area contributed by atoms with Crippen LogP contribution in [0.4, 0.5) is 5.69 Å². The maximum Gasteiger partial charge on any atom is 0.308 e. The number of Topliss-reactive ketones (excluding diaryl/α,β-unsaturated/α-hetero) is 1. The van der Waals surface area contributed by atoms with Gasteiger partial charge in [-0.25, -0.2) is 0 Å². The Bertz CT molecular complexity index is 1060. The number of rotatable bonds is 5. The number of carbonyl (C=O) groups is 3. The van der Waals surface area contributed by atoms with Crippen LogP contribution in [0.25, 0.3) is 0 Å². The second-order valence-electron chi connectivity index (χ2n) is 8.15. The molecular formula is C24H27NO6. The SMILES string of the molecule is CC(=O)Nc1ccc(OCC2(C)CC(=O)c3c(C)c(OC(C)=O)c(C)c(C)c3O2)cc1. The van der Waals surface area contributed by atoms with Crippen LogP contribution < -0.4 is 19.5 Å². The number of fused-ring (bicyclic) bond motifs is 1. The summed E-state index contributed by atoms with van der Waals surface area (Å²) in [6.45, 7) is 10.2. The molecule has 0 bridgehead atoms. The summed E-state index contributed by atoms with van der Waals surface area (Å²) < 4.78 is 17.6. The molecule has 7 heteroatoms. The number of esters is 1. The predicted molar refractivity (Wildman–Crippen MR) is 116 cm³/mol. The van der Waals surface area contributed by atoms with E-state index in [-0.39, 0.29) is 24.7 Å². The van der Waals surface area contributed by atoms with Crippen molar-refractivity contribution in [3.8, 4) is 17.2 Å². The second kappa shape index (κ2) is 8.41. The van der Waals surface area contributed by atoms with Gasteiger partial charge >= 0.3 is 5.97 Å². The van der Waals surface area contributed by atoms with Crippen molar-refractivity contribution >= 4 is 23.3 Å². The summed E-state index contributed by atoms with van der Waals surface area (Å²) >= 11 is 0. The average Bonchev–Trinajstić information content (AvgIpc) is 2.68. The molecule has 1 unspecified atom stereocenters. The fourth-order valence-electron chi connectivity index (χ4n) is 3.72. The molecule has 0 fully saturated rings. The van der Waals surface area contributed by atoms with Crippen LogP contribution in [0.2, 0.25) is 0 Å². The van der Waals surface area contributed by atoms with Gasteiger partial charge in [0.15, 0.2) is 5.78 Å². The molecule has 0 aliphatic carbocycles. The largest absolute Gasteiger partial charge is 0.489 e. The first kappa shape index (κ1) is 22.3. The molecule has 0 saturated carbocycles. The van der Waals surface area contributed by atoms with E-state index in [2.05, 4.69) is 5.32 Å². The third-order valence-corrected chi connectivity index (χ3v) is 5.31. The lowest BCUT2D eigenvalue weighted by atomic mass is 9.86. The summed E-state index contributed by atoms with van der Waals surface area (Å²) in [6, 6.07) is 6.99. The molecule has 2 aromatic rings. The highest BCUT2D eigenvalue weighted by Gasteiger charge is 2.40. The van der Waals surface area contributed by atoms with Gasteiger partial charge in [-0.05, 0) is 63.1 Å². The Morgan fingerprint density at radius 1 is 1.06 bits per heavy atom. The highest BCUT2D eigenvalue weighted by atomic mass is 16.5. The molecule has 1 heterocycles. The Hall–Kier alpha value is -3.35. The van der Waals surface area contributed by atoms with Gasteiger partial charge in [0.1, 0.15) is 29.5 Å². The lowest BCUT2D eigenvalue weighted by Crippen LogP contribution is -2.45. The van der Waals surface area contributed by atoms with Gasteiger partial charge in [-0.3, -0.25) is 14.4 Å². The summed E-state index contributed by atoms with van der Waals surface area (Å²) in [4.78, 5) is 35.7. The number of benzene rings is 2. The zero-order valence-electron chi connectivity index (χ0n) is 18.7. The molecule has 164 valence electrons. The number of nitrogens with one attached hydrogen (secondary N) is 1. The molecule has 3 rings (SSSR count).